The molecular formula is C15H10ClNO2S. The van der Waals surface area contributed by atoms with Gasteiger partial charge >= 0.3 is 5.97 Å². The summed E-state index contributed by atoms with van der Waals surface area (Å²) in [7, 11) is 0. The highest BCUT2D eigenvalue weighted by Gasteiger charge is 2.10. The van der Waals surface area contributed by atoms with Gasteiger partial charge < -0.3 is 4.74 Å². The first-order chi connectivity index (χ1) is 9.74. The molecule has 0 unspecified atom stereocenters. The Bertz CT molecular complexity index is 752. The third-order valence-electron chi connectivity index (χ3n) is 2.88. The fourth-order valence-corrected chi connectivity index (χ4v) is 2.93. The number of carbonyl (C=O) groups is 1. The summed E-state index contributed by atoms with van der Waals surface area (Å²) >= 11 is 7.32. The monoisotopic (exact) mass is 303 g/mol. The zero-order chi connectivity index (χ0) is 13.9. The molecule has 0 atom stereocenters. The molecule has 3 nitrogen and oxygen atoms in total. The van der Waals surface area contributed by atoms with E-state index < -0.39 is 5.97 Å². The molecule has 5 heteroatoms. The molecular weight excluding hydrogens is 294 g/mol. The van der Waals surface area contributed by atoms with Gasteiger partial charge in [0.2, 0.25) is 0 Å². The van der Waals surface area contributed by atoms with Gasteiger partial charge in [-0.3, -0.25) is 0 Å². The molecule has 2 aromatic heterocycles. The molecule has 20 heavy (non-hydrogen) atoms. The lowest BCUT2D eigenvalue weighted by molar-refractivity contribution is 0.0474. The number of hydrogen-bond donors (Lipinski definition) is 0. The number of fused-ring (bicyclic) bond motifs is 1. The van der Waals surface area contributed by atoms with Crippen molar-refractivity contribution in [1.29, 1.82) is 0 Å². The van der Waals surface area contributed by atoms with E-state index in [1.165, 1.54) is 10.9 Å². The maximum atomic E-state index is 11.9. The molecule has 3 aromatic rings. The van der Waals surface area contributed by atoms with Crippen LogP contribution in [-0.4, -0.2) is 11.0 Å². The number of rotatable bonds is 3. The van der Waals surface area contributed by atoms with Gasteiger partial charge in [-0.2, -0.15) is 0 Å². The number of ether oxygens (including phenoxy) is 1. The van der Waals surface area contributed by atoms with Crippen molar-refractivity contribution in [3.05, 3.63) is 64.3 Å². The van der Waals surface area contributed by atoms with Gasteiger partial charge in [0, 0.05) is 16.5 Å². The van der Waals surface area contributed by atoms with Crippen LogP contribution in [0.3, 0.4) is 0 Å². The van der Waals surface area contributed by atoms with E-state index in [4.69, 9.17) is 16.3 Å². The lowest BCUT2D eigenvalue weighted by Crippen LogP contribution is -2.05. The standard InChI is InChI=1S/C15H10ClNO2S/c16-14-6-5-10(7-17-14)15(18)19-8-11-9-20-13-4-2-1-3-12(11)13/h1-7,9H,8H2. The fraction of sp³-hybridized carbons (Fsp3) is 0.0667. The summed E-state index contributed by atoms with van der Waals surface area (Å²) in [6.07, 6.45) is 1.41. The SMILES string of the molecule is O=C(OCc1csc2ccccc12)c1ccc(Cl)nc1. The van der Waals surface area contributed by atoms with Gasteiger partial charge in [0.1, 0.15) is 11.8 Å². The van der Waals surface area contributed by atoms with Crippen LogP contribution in [0.2, 0.25) is 5.15 Å². The molecule has 0 aliphatic rings. The zero-order valence-electron chi connectivity index (χ0n) is 10.4. The number of aromatic nitrogens is 1. The third-order valence-corrected chi connectivity index (χ3v) is 4.12. The lowest BCUT2D eigenvalue weighted by atomic mass is 10.2. The van der Waals surface area contributed by atoms with Crippen LogP contribution >= 0.6 is 22.9 Å². The van der Waals surface area contributed by atoms with E-state index in [-0.39, 0.29) is 6.61 Å². The van der Waals surface area contributed by atoms with Gasteiger partial charge in [-0.1, -0.05) is 29.8 Å². The van der Waals surface area contributed by atoms with Gasteiger partial charge in [-0.05, 0) is 29.0 Å². The number of pyridine rings is 1. The van der Waals surface area contributed by atoms with Crippen LogP contribution in [0, 0.1) is 0 Å². The maximum absolute atomic E-state index is 11.9. The van der Waals surface area contributed by atoms with Gasteiger partial charge in [0.25, 0.3) is 0 Å². The third kappa shape index (κ3) is 2.66. The minimum Gasteiger partial charge on any atom is -0.457 e. The van der Waals surface area contributed by atoms with Crippen molar-refractivity contribution in [2.75, 3.05) is 0 Å². The second-order valence-corrected chi connectivity index (χ2v) is 5.50. The Morgan fingerprint density at radius 1 is 1.25 bits per heavy atom. The van der Waals surface area contributed by atoms with Gasteiger partial charge in [-0.25, -0.2) is 9.78 Å². The number of thiophene rings is 1. The second-order valence-electron chi connectivity index (χ2n) is 4.20. The van der Waals surface area contributed by atoms with E-state index in [0.717, 1.165) is 10.9 Å². The highest BCUT2D eigenvalue weighted by atomic mass is 35.5. The summed E-state index contributed by atoms with van der Waals surface area (Å²) in [4.78, 5) is 15.7. The first-order valence-corrected chi connectivity index (χ1v) is 7.23. The van der Waals surface area contributed by atoms with E-state index in [0.29, 0.717) is 10.7 Å². The Morgan fingerprint density at radius 2 is 2.10 bits per heavy atom. The van der Waals surface area contributed by atoms with Crippen molar-refractivity contribution in [3.63, 3.8) is 0 Å². The summed E-state index contributed by atoms with van der Waals surface area (Å²) < 4.78 is 6.49. The van der Waals surface area contributed by atoms with Gasteiger partial charge in [0.05, 0.1) is 5.56 Å². The second kappa shape index (κ2) is 5.61. The Labute approximate surface area is 124 Å². The summed E-state index contributed by atoms with van der Waals surface area (Å²) in [6.45, 7) is 0.255. The number of carbonyl (C=O) groups excluding carboxylic acids is 1. The zero-order valence-corrected chi connectivity index (χ0v) is 11.9. The fourth-order valence-electron chi connectivity index (χ4n) is 1.87. The van der Waals surface area contributed by atoms with Crippen molar-refractivity contribution in [2.45, 2.75) is 6.61 Å². The molecule has 0 saturated heterocycles. The largest absolute Gasteiger partial charge is 0.457 e. The first kappa shape index (κ1) is 13.1. The van der Waals surface area contributed by atoms with Gasteiger partial charge in [-0.15, -0.1) is 11.3 Å². The van der Waals surface area contributed by atoms with Crippen LogP contribution in [0.15, 0.2) is 48.0 Å². The number of hydrogen-bond acceptors (Lipinski definition) is 4. The van der Waals surface area contributed by atoms with E-state index >= 15 is 0 Å². The number of benzene rings is 1. The molecule has 100 valence electrons. The van der Waals surface area contributed by atoms with Crippen molar-refractivity contribution in [1.82, 2.24) is 4.98 Å². The molecule has 0 radical (unpaired) electrons. The molecule has 0 bridgehead atoms. The van der Waals surface area contributed by atoms with Crippen molar-refractivity contribution in [2.24, 2.45) is 0 Å². The summed E-state index contributed by atoms with van der Waals surface area (Å²) in [5.41, 5.74) is 1.41. The summed E-state index contributed by atoms with van der Waals surface area (Å²) in [5.74, 6) is -0.399. The predicted octanol–water partition coefficient (Wildman–Crippen LogP) is 4.31. The molecule has 0 fully saturated rings. The highest BCUT2D eigenvalue weighted by molar-refractivity contribution is 7.17. The molecule has 1 aromatic carbocycles. The predicted molar refractivity (Wildman–Crippen MR) is 80.2 cm³/mol. The number of halogens is 1. The Hall–Kier alpha value is -1.91. The van der Waals surface area contributed by atoms with Crippen LogP contribution < -0.4 is 0 Å². The average molecular weight is 304 g/mol. The van der Waals surface area contributed by atoms with E-state index in [1.807, 2.05) is 23.6 Å². The van der Waals surface area contributed by atoms with Crippen LogP contribution in [-0.2, 0) is 11.3 Å². The van der Waals surface area contributed by atoms with Crippen molar-refractivity contribution in [3.8, 4) is 0 Å². The molecule has 0 saturated carbocycles. The Balaban J connectivity index is 1.73. The molecule has 3 rings (SSSR count). The number of esters is 1. The van der Waals surface area contributed by atoms with E-state index in [2.05, 4.69) is 11.1 Å². The minimum atomic E-state index is -0.399. The van der Waals surface area contributed by atoms with Crippen LogP contribution in [0.1, 0.15) is 15.9 Å². The normalized spacial score (nSPS) is 10.7. The smallest absolute Gasteiger partial charge is 0.340 e. The number of nitrogens with zero attached hydrogens (tertiary/aromatic N) is 1. The quantitative estimate of drug-likeness (QED) is 0.535. The topological polar surface area (TPSA) is 39.2 Å². The molecule has 0 N–H and O–H groups in total. The Kier molecular flexibility index (Phi) is 3.67. The minimum absolute atomic E-state index is 0.255. The van der Waals surface area contributed by atoms with Crippen molar-refractivity contribution >= 4 is 39.0 Å². The molecule has 0 spiro atoms. The first-order valence-electron chi connectivity index (χ1n) is 5.98. The lowest BCUT2D eigenvalue weighted by Gasteiger charge is -2.04. The summed E-state index contributed by atoms with van der Waals surface area (Å²) in [6, 6.07) is 11.2. The van der Waals surface area contributed by atoms with Crippen LogP contribution in [0.5, 0.6) is 0 Å². The summed E-state index contributed by atoms with van der Waals surface area (Å²) in [5, 5.41) is 3.49. The van der Waals surface area contributed by atoms with Crippen LogP contribution in [0.25, 0.3) is 10.1 Å². The van der Waals surface area contributed by atoms with Crippen LogP contribution in [0.4, 0.5) is 0 Å². The molecule has 0 aliphatic heterocycles. The molecule has 0 aliphatic carbocycles. The van der Waals surface area contributed by atoms with E-state index in [9.17, 15) is 4.79 Å². The maximum Gasteiger partial charge on any atom is 0.340 e. The molecule has 2 heterocycles. The van der Waals surface area contributed by atoms with Gasteiger partial charge in [0.15, 0.2) is 0 Å². The Morgan fingerprint density at radius 3 is 2.90 bits per heavy atom. The van der Waals surface area contributed by atoms with Crippen molar-refractivity contribution < 1.29 is 9.53 Å². The van der Waals surface area contributed by atoms with E-state index in [1.54, 1.807) is 23.5 Å². The molecule has 0 amide bonds. The highest BCUT2D eigenvalue weighted by Crippen LogP contribution is 2.26. The average Bonchev–Trinajstić information content (AvgIpc) is 2.89.